The SMILES string of the molecule is O=C(NNC(=O)C(C(F)(F)F)C(F)(F)F)c1ccc(/C=C/C(c2cc(Cl)c(Cl)c(Cl)c2)C(F)(F)F)cc1Br. The van der Waals surface area contributed by atoms with E-state index in [1.54, 1.807) is 0 Å². The molecule has 0 aliphatic rings. The third-order valence-corrected chi connectivity index (χ3v) is 6.51. The first-order chi connectivity index (χ1) is 17.2. The third-order valence-electron chi connectivity index (χ3n) is 4.65. The minimum Gasteiger partial charge on any atom is -0.272 e. The van der Waals surface area contributed by atoms with E-state index in [9.17, 15) is 49.1 Å². The molecule has 208 valence electrons. The molecule has 2 N–H and O–H groups in total. The average molecular weight is 681 g/mol. The lowest BCUT2D eigenvalue weighted by Gasteiger charge is -2.22. The molecule has 0 spiro atoms. The monoisotopic (exact) mass is 678 g/mol. The maximum Gasteiger partial charge on any atom is 0.409 e. The van der Waals surface area contributed by atoms with Crippen LogP contribution < -0.4 is 10.9 Å². The molecule has 2 rings (SSSR count). The highest BCUT2D eigenvalue weighted by Gasteiger charge is 2.61. The van der Waals surface area contributed by atoms with Crippen molar-refractivity contribution in [1.82, 2.24) is 10.9 Å². The van der Waals surface area contributed by atoms with E-state index >= 15 is 0 Å². The first kappa shape index (κ1) is 32.1. The van der Waals surface area contributed by atoms with Crippen LogP contribution in [0.2, 0.25) is 15.1 Å². The van der Waals surface area contributed by atoms with E-state index in [-0.39, 0.29) is 36.2 Å². The van der Waals surface area contributed by atoms with Crippen LogP contribution in [0.4, 0.5) is 39.5 Å². The first-order valence-corrected chi connectivity index (χ1v) is 11.6. The lowest BCUT2D eigenvalue weighted by Crippen LogP contribution is -2.53. The maximum absolute atomic E-state index is 13.7. The predicted octanol–water partition coefficient (Wildman–Crippen LogP) is 8.27. The van der Waals surface area contributed by atoms with E-state index in [4.69, 9.17) is 34.8 Å². The quantitative estimate of drug-likeness (QED) is 0.190. The van der Waals surface area contributed by atoms with Gasteiger partial charge in [0.05, 0.1) is 26.5 Å². The summed E-state index contributed by atoms with van der Waals surface area (Å²) in [7, 11) is 0. The number of benzene rings is 2. The normalized spacial score (nSPS) is 13.6. The summed E-state index contributed by atoms with van der Waals surface area (Å²) in [4.78, 5) is 23.6. The zero-order chi connectivity index (χ0) is 29.2. The fourth-order valence-corrected chi connectivity index (χ4v) is 4.12. The number of carbonyl (C=O) groups excluding carboxylic acids is 2. The lowest BCUT2D eigenvalue weighted by atomic mass is 9.97. The summed E-state index contributed by atoms with van der Waals surface area (Å²) in [6, 6.07) is 5.23. The topological polar surface area (TPSA) is 58.2 Å². The molecule has 38 heavy (non-hydrogen) atoms. The summed E-state index contributed by atoms with van der Waals surface area (Å²) in [5, 5.41) is -0.555. The highest BCUT2D eigenvalue weighted by Crippen LogP contribution is 2.41. The molecule has 17 heteroatoms. The van der Waals surface area contributed by atoms with Gasteiger partial charge in [0.1, 0.15) is 0 Å². The molecular formula is C21H11BrCl3F9N2O2. The average Bonchev–Trinajstić information content (AvgIpc) is 2.73. The van der Waals surface area contributed by atoms with Crippen LogP contribution in [-0.4, -0.2) is 30.3 Å². The zero-order valence-corrected chi connectivity index (χ0v) is 21.8. The van der Waals surface area contributed by atoms with E-state index in [0.717, 1.165) is 47.9 Å². The summed E-state index contributed by atoms with van der Waals surface area (Å²) in [5.41, 5.74) is 1.88. The molecule has 0 bridgehead atoms. The number of hydrogen-bond acceptors (Lipinski definition) is 2. The number of halogens is 13. The fourth-order valence-electron chi connectivity index (χ4n) is 2.93. The highest BCUT2D eigenvalue weighted by atomic mass is 79.9. The van der Waals surface area contributed by atoms with Crippen molar-refractivity contribution in [2.75, 3.05) is 0 Å². The Morgan fingerprint density at radius 3 is 1.79 bits per heavy atom. The van der Waals surface area contributed by atoms with Crippen molar-refractivity contribution < 1.29 is 49.1 Å². The van der Waals surface area contributed by atoms with Gasteiger partial charge in [-0.15, -0.1) is 0 Å². The van der Waals surface area contributed by atoms with Gasteiger partial charge < -0.3 is 0 Å². The Bertz CT molecular complexity index is 1210. The molecule has 0 saturated heterocycles. The summed E-state index contributed by atoms with van der Waals surface area (Å²) < 4.78 is 116. The Morgan fingerprint density at radius 2 is 1.34 bits per heavy atom. The van der Waals surface area contributed by atoms with E-state index < -0.39 is 42.2 Å². The minimum absolute atomic E-state index is 0.104. The van der Waals surface area contributed by atoms with Crippen LogP contribution in [0.15, 0.2) is 40.9 Å². The van der Waals surface area contributed by atoms with E-state index in [1.165, 1.54) is 5.43 Å². The van der Waals surface area contributed by atoms with Crippen LogP contribution in [0.1, 0.15) is 27.4 Å². The minimum atomic E-state index is -5.97. The van der Waals surface area contributed by atoms with Crippen LogP contribution >= 0.6 is 50.7 Å². The van der Waals surface area contributed by atoms with E-state index in [1.807, 2.05) is 0 Å². The van der Waals surface area contributed by atoms with Gasteiger partial charge >= 0.3 is 18.5 Å². The first-order valence-electron chi connectivity index (χ1n) is 9.66. The molecule has 2 amide bonds. The predicted molar refractivity (Wildman–Crippen MR) is 125 cm³/mol. The van der Waals surface area contributed by atoms with Gasteiger partial charge in [-0.2, -0.15) is 39.5 Å². The molecule has 0 saturated carbocycles. The van der Waals surface area contributed by atoms with Gasteiger partial charge in [0.25, 0.3) is 11.8 Å². The van der Waals surface area contributed by atoms with Gasteiger partial charge in [-0.1, -0.05) is 53.0 Å². The summed E-state index contributed by atoms with van der Waals surface area (Å²) >= 11 is 20.3. The Labute approximate surface area is 231 Å². The Balaban J connectivity index is 2.23. The lowest BCUT2D eigenvalue weighted by molar-refractivity contribution is -0.274. The smallest absolute Gasteiger partial charge is 0.272 e. The second-order valence-corrected chi connectivity index (χ2v) is 9.42. The molecule has 1 atom stereocenters. The van der Waals surface area contributed by atoms with Crippen molar-refractivity contribution in [3.05, 3.63) is 72.6 Å². The Hall–Kier alpha value is -2.16. The molecular weight excluding hydrogens is 669 g/mol. The van der Waals surface area contributed by atoms with Gasteiger partial charge in [0, 0.05) is 4.47 Å². The summed E-state index contributed by atoms with van der Waals surface area (Å²) in [5.74, 6) is -10.5. The van der Waals surface area contributed by atoms with Crippen molar-refractivity contribution >= 4 is 68.6 Å². The van der Waals surface area contributed by atoms with E-state index in [0.29, 0.717) is 0 Å². The second kappa shape index (κ2) is 11.9. The second-order valence-electron chi connectivity index (χ2n) is 7.38. The van der Waals surface area contributed by atoms with Crippen LogP contribution in [0.5, 0.6) is 0 Å². The van der Waals surface area contributed by atoms with Gasteiger partial charge in [-0.3, -0.25) is 20.4 Å². The number of allylic oxidation sites excluding steroid dienone is 1. The van der Waals surface area contributed by atoms with Crippen LogP contribution in [0.25, 0.3) is 6.08 Å². The molecule has 2 aromatic rings. The summed E-state index contributed by atoms with van der Waals surface area (Å²) in [6.07, 6.45) is -14.9. The van der Waals surface area contributed by atoms with E-state index in [2.05, 4.69) is 15.9 Å². The van der Waals surface area contributed by atoms with Gasteiger partial charge in [-0.25, -0.2) is 0 Å². The molecule has 1 unspecified atom stereocenters. The highest BCUT2D eigenvalue weighted by molar-refractivity contribution is 9.10. The number of amides is 2. The van der Waals surface area contributed by atoms with Crippen molar-refractivity contribution in [1.29, 1.82) is 0 Å². The zero-order valence-electron chi connectivity index (χ0n) is 17.9. The van der Waals surface area contributed by atoms with Gasteiger partial charge in [0.15, 0.2) is 0 Å². The molecule has 0 aromatic heterocycles. The molecule has 2 aromatic carbocycles. The Morgan fingerprint density at radius 1 is 0.816 bits per heavy atom. The van der Waals surface area contributed by atoms with Crippen molar-refractivity contribution in [2.45, 2.75) is 24.4 Å². The van der Waals surface area contributed by atoms with Crippen LogP contribution in [0.3, 0.4) is 0 Å². The number of rotatable bonds is 5. The number of hydrazine groups is 1. The maximum atomic E-state index is 13.7. The molecule has 0 radical (unpaired) electrons. The van der Waals surface area contributed by atoms with Crippen LogP contribution in [-0.2, 0) is 4.79 Å². The summed E-state index contributed by atoms with van der Waals surface area (Å²) in [6.45, 7) is 0. The molecule has 0 heterocycles. The van der Waals surface area contributed by atoms with Crippen molar-refractivity contribution in [3.8, 4) is 0 Å². The fraction of sp³-hybridized carbons (Fsp3) is 0.238. The number of alkyl halides is 9. The third kappa shape index (κ3) is 8.17. The molecule has 4 nitrogen and oxygen atoms in total. The standard InChI is InChI=1S/C21H11BrCl3F9N2O2/c22-12-5-8(2-4-11(19(26,27)28)9-6-13(23)15(25)14(24)7-9)1-3-10(12)17(37)35-36-18(38)16(20(29,30)31)21(32,33)34/h1-7,11,16H,(H,35,37)(H,36,38)/b4-2+. The van der Waals surface area contributed by atoms with Crippen molar-refractivity contribution in [3.63, 3.8) is 0 Å². The number of carbonyl (C=O) groups is 2. The largest absolute Gasteiger partial charge is 0.409 e. The van der Waals surface area contributed by atoms with Crippen LogP contribution in [0, 0.1) is 5.92 Å². The molecule has 0 aliphatic carbocycles. The van der Waals surface area contributed by atoms with Gasteiger partial charge in [-0.05, 0) is 51.3 Å². The van der Waals surface area contributed by atoms with Crippen molar-refractivity contribution in [2.24, 2.45) is 5.92 Å². The van der Waals surface area contributed by atoms with Gasteiger partial charge in [0.2, 0.25) is 5.92 Å². The Kier molecular flexibility index (Phi) is 10.1. The molecule has 0 fully saturated rings. The molecule has 0 aliphatic heterocycles. The number of hydrogen-bond donors (Lipinski definition) is 2. The number of nitrogens with one attached hydrogen (secondary N) is 2.